The van der Waals surface area contributed by atoms with Crippen LogP contribution >= 0.6 is 73.9 Å². The lowest BCUT2D eigenvalue weighted by Crippen LogP contribution is -2.40. The van der Waals surface area contributed by atoms with Crippen LogP contribution in [0.15, 0.2) is 187 Å². The van der Waals surface area contributed by atoms with E-state index in [1.165, 1.54) is 98.5 Å². The van der Waals surface area contributed by atoms with Gasteiger partial charge in [0.25, 0.3) is 11.4 Å². The molecule has 31 nitrogen and oxygen atoms in total. The first kappa shape index (κ1) is 103. The number of nitrogens with two attached hydrogens (primary N) is 3. The minimum atomic E-state index is -0.908. The van der Waals surface area contributed by atoms with Crippen LogP contribution in [0.4, 0.5) is 94.5 Å². The molecule has 37 heteroatoms. The molecule has 1 aliphatic carbocycles. The van der Waals surface area contributed by atoms with Gasteiger partial charge >= 0.3 is 18.3 Å². The first-order valence-corrected chi connectivity index (χ1v) is 42.7. The molecule has 0 saturated heterocycles. The lowest BCUT2D eigenvalue weighted by molar-refractivity contribution is -0.384. The summed E-state index contributed by atoms with van der Waals surface area (Å²) in [6.07, 6.45) is 9.90. The van der Waals surface area contributed by atoms with Crippen molar-refractivity contribution in [3.05, 3.63) is 260 Å². The van der Waals surface area contributed by atoms with E-state index in [1.54, 1.807) is 115 Å². The molecule has 3 aliphatic rings. The molecule has 5 aromatic heterocycles. The maximum absolute atomic E-state index is 13.7. The highest BCUT2D eigenvalue weighted by atomic mass is 79.9. The van der Waals surface area contributed by atoms with Gasteiger partial charge in [-0.3, -0.25) is 39.4 Å². The third kappa shape index (κ3) is 28.7. The van der Waals surface area contributed by atoms with Gasteiger partial charge < -0.3 is 51.7 Å². The number of benzene rings is 5. The van der Waals surface area contributed by atoms with Gasteiger partial charge in [-0.25, -0.2) is 54.0 Å². The van der Waals surface area contributed by atoms with E-state index in [0.717, 1.165) is 70.7 Å². The number of nitro groups is 2. The molecule has 7 heterocycles. The number of rotatable bonds is 12. The SMILES string of the molecule is CC(=O)c1cccnc1Br.CC(=O)c1cccnc1N(C(=O)OC(C)(C)C)c1ccc(Cl)cc1N.CC(=O)c1cccnc1N(C(=O)OC(C)(C)C)c1ccc(Cl)cc1[N+](=O)[O-].CC(C)OC1CCC(C(=O)N2c3cc(Cl)ccc3Nc3ncccc3C2C)CC1.CC1Nc2cc(Cl)ccc2N(C(=O)OC(C)(C)C)c2ncccc21.CN.Nc1ccc(Cl)cc1[N+](=O)[O-]. The van der Waals surface area contributed by atoms with Crippen LogP contribution < -0.4 is 47.4 Å². The van der Waals surface area contributed by atoms with Crippen molar-refractivity contribution in [2.24, 2.45) is 11.7 Å². The monoisotopic (exact) mass is 1910 g/mol. The molecule has 678 valence electrons. The second kappa shape index (κ2) is 46.1. The Morgan fingerprint density at radius 1 is 0.516 bits per heavy atom. The molecule has 5 aromatic carbocycles. The second-order valence-corrected chi connectivity index (χ2v) is 34.9. The number of nitro benzene ring substituents is 2. The number of nitrogen functional groups attached to an aromatic ring is 2. The van der Waals surface area contributed by atoms with Crippen LogP contribution in [0.2, 0.25) is 25.1 Å². The maximum atomic E-state index is 13.7. The van der Waals surface area contributed by atoms with Gasteiger partial charge in [-0.1, -0.05) is 70.1 Å². The Bertz CT molecular complexity index is 5670. The molecule has 2 atom stereocenters. The Balaban J connectivity index is 0.000000216. The summed E-state index contributed by atoms with van der Waals surface area (Å²) in [5.41, 5.74) is 19.7. The fraction of sp³-hybridized carbons (Fsp3) is 0.319. The number of anilines is 12. The number of nitrogens with one attached hydrogen (secondary N) is 2. The van der Waals surface area contributed by atoms with Crippen molar-refractivity contribution in [2.45, 2.75) is 178 Å². The summed E-state index contributed by atoms with van der Waals surface area (Å²) in [6.45, 7) is 28.2. The molecule has 0 spiro atoms. The number of carbonyl (C=O) groups excluding carboxylic acids is 7. The van der Waals surface area contributed by atoms with Gasteiger partial charge in [0.15, 0.2) is 29.0 Å². The lowest BCUT2D eigenvalue weighted by atomic mass is 9.85. The molecule has 13 rings (SSSR count). The zero-order valence-corrected chi connectivity index (χ0v) is 78.9. The Labute approximate surface area is 776 Å². The second-order valence-electron chi connectivity index (χ2n) is 32.0. The third-order valence-electron chi connectivity index (χ3n) is 18.4. The Morgan fingerprint density at radius 3 is 1.46 bits per heavy atom. The van der Waals surface area contributed by atoms with Gasteiger partial charge in [0.1, 0.15) is 44.4 Å². The molecular weight excluding hydrogens is 1810 g/mol. The molecule has 1 fully saturated rings. The van der Waals surface area contributed by atoms with Gasteiger partial charge in [0.05, 0.1) is 85.0 Å². The predicted octanol–water partition coefficient (Wildman–Crippen LogP) is 24.1. The van der Waals surface area contributed by atoms with E-state index in [1.807, 2.05) is 75.1 Å². The summed E-state index contributed by atoms with van der Waals surface area (Å²) < 4.78 is 23.0. The fourth-order valence-corrected chi connectivity index (χ4v) is 14.3. The summed E-state index contributed by atoms with van der Waals surface area (Å²) in [5.74, 6) is 1.02. The van der Waals surface area contributed by atoms with Gasteiger partial charge in [-0.2, -0.15) is 0 Å². The van der Waals surface area contributed by atoms with E-state index in [0.29, 0.717) is 47.4 Å². The van der Waals surface area contributed by atoms with E-state index in [2.05, 4.69) is 78.0 Å². The predicted molar refractivity (Wildman–Crippen MR) is 507 cm³/mol. The molecule has 4 amide bonds. The van der Waals surface area contributed by atoms with Crippen molar-refractivity contribution in [3.8, 4) is 0 Å². The van der Waals surface area contributed by atoms with Crippen LogP contribution in [-0.2, 0) is 23.7 Å². The first-order chi connectivity index (χ1) is 60.1. The number of hydrogen-bond acceptors (Lipinski definition) is 25. The Morgan fingerprint density at radius 2 is 0.961 bits per heavy atom. The third-order valence-corrected chi connectivity index (χ3v) is 20.2. The van der Waals surface area contributed by atoms with Crippen molar-refractivity contribution >= 4 is 196 Å². The summed E-state index contributed by atoms with van der Waals surface area (Å²) in [4.78, 5) is 134. The zero-order chi connectivity index (χ0) is 95.1. The quantitative estimate of drug-likeness (QED) is 0.0189. The highest BCUT2D eigenvalue weighted by molar-refractivity contribution is 9.10. The van der Waals surface area contributed by atoms with Gasteiger partial charge in [-0.05, 0) is 287 Å². The highest BCUT2D eigenvalue weighted by Crippen LogP contribution is 2.47. The van der Waals surface area contributed by atoms with Gasteiger partial charge in [-0.15, -0.1) is 0 Å². The van der Waals surface area contributed by atoms with Crippen LogP contribution in [0.1, 0.15) is 191 Å². The maximum Gasteiger partial charge on any atom is 0.420 e. The standard InChI is InChI=1S/C23H28ClN3O2.C18H18ClN3O5.C18H20ClN3O3.C18H20ClN3O2.C7H6BrNO.C6H5ClN2O2.CH5N/c1-14(2)29-18-9-6-16(7-10-18)23(28)27-15(3)19-5-4-12-25-22(19)26-20-11-8-17(24)13-21(20)27;1-11(23)13-6-5-9-20-16(13)21(17(24)27-18(2,3)4)14-8-7-12(19)10-15(14)22(25)26;1-11(23)13-6-5-9-21-16(13)22(17(24)25-18(2,3)4)15-8-7-12(19)10-14(15)20;1-11-13-6-5-9-20-16(13)22(17(23)24-18(2,3)4)15-8-7-12(19)10-14(15)21-11;1-5(10)6-3-2-4-9-7(6)8;7-4-1-2-5(8)6(3-4)9(10)11;1-2/h4-5,8,11-16,18H,6-7,9-10H2,1-3H3,(H,25,26);5-10H,1-4H3;5-10H,20H2,1-4H3;5-11,21H,1-4H3;2-4H,1H3;1-3H,8H2;2H2,1H3. The Hall–Kier alpha value is -12.0. The fourth-order valence-electron chi connectivity index (χ4n) is 12.9. The topological polar surface area (TPSA) is 422 Å². The number of Topliss-reactive ketones (excluding diaryl/α,β-unsaturated/α-hetero) is 3. The minimum absolute atomic E-state index is 0.00508. The summed E-state index contributed by atoms with van der Waals surface area (Å²) in [7, 11) is 1.50. The van der Waals surface area contributed by atoms with Gasteiger partial charge in [0.2, 0.25) is 5.91 Å². The smallest absolute Gasteiger partial charge is 0.420 e. The summed E-state index contributed by atoms with van der Waals surface area (Å²) >= 11 is 32.9. The molecule has 2 unspecified atom stereocenters. The number of carbonyl (C=O) groups is 7. The molecule has 2 aliphatic heterocycles. The molecule has 8 N–H and O–H groups in total. The lowest BCUT2D eigenvalue weighted by Gasteiger charge is -2.35. The van der Waals surface area contributed by atoms with Crippen molar-refractivity contribution in [3.63, 3.8) is 0 Å². The van der Waals surface area contributed by atoms with E-state index < -0.39 is 50.6 Å². The van der Waals surface area contributed by atoms with E-state index in [-0.39, 0.29) is 104 Å². The van der Waals surface area contributed by atoms with Crippen LogP contribution in [0.3, 0.4) is 0 Å². The number of halogens is 6. The zero-order valence-electron chi connectivity index (χ0n) is 73.6. The average molecular weight is 1920 g/mol. The van der Waals surface area contributed by atoms with E-state index in [4.69, 9.17) is 88.4 Å². The number of nitrogens with zero attached hydrogens (tertiary/aromatic N) is 11. The highest BCUT2D eigenvalue weighted by Gasteiger charge is 2.39. The largest absolute Gasteiger partial charge is 0.443 e. The molecular formula is C91H102BrCl5N16O15. The summed E-state index contributed by atoms with van der Waals surface area (Å²) in [6, 6.07) is 40.9. The average Bonchev–Trinajstić information content (AvgIpc) is 1.72. The van der Waals surface area contributed by atoms with Crippen LogP contribution in [0, 0.1) is 26.1 Å². The molecule has 0 bridgehead atoms. The number of pyridine rings is 5. The number of fused-ring (bicyclic) bond motifs is 4. The number of aromatic nitrogens is 5. The van der Waals surface area contributed by atoms with Crippen molar-refractivity contribution in [1.29, 1.82) is 0 Å². The van der Waals surface area contributed by atoms with E-state index in [9.17, 15) is 53.8 Å². The number of amides is 4. The van der Waals surface area contributed by atoms with Crippen molar-refractivity contribution in [2.75, 3.05) is 48.7 Å². The molecule has 1 saturated carbocycles. The van der Waals surface area contributed by atoms with Crippen LogP contribution in [0.25, 0.3) is 0 Å². The van der Waals surface area contributed by atoms with Gasteiger partial charge in [0, 0.05) is 85.3 Å². The van der Waals surface area contributed by atoms with E-state index >= 15 is 0 Å². The number of ketones is 3. The van der Waals surface area contributed by atoms with Crippen molar-refractivity contribution in [1.82, 2.24) is 24.9 Å². The minimum Gasteiger partial charge on any atom is -0.443 e. The van der Waals surface area contributed by atoms with Crippen LogP contribution in [0.5, 0.6) is 0 Å². The normalized spacial score (nSPS) is 14.6. The Kier molecular flexibility index (Phi) is 37.1. The molecule has 0 radical (unpaired) electrons. The number of hydrogen-bond donors (Lipinski definition) is 5. The molecule has 10 aromatic rings. The van der Waals surface area contributed by atoms with Crippen LogP contribution in [-0.4, -0.2) is 112 Å². The number of ether oxygens (including phenoxy) is 4. The molecule has 128 heavy (non-hydrogen) atoms. The van der Waals surface area contributed by atoms with Crippen molar-refractivity contribution < 1.29 is 62.4 Å². The first-order valence-electron chi connectivity index (χ1n) is 40.0. The summed E-state index contributed by atoms with van der Waals surface area (Å²) in [5, 5.41) is 30.6.